The zero-order valence-electron chi connectivity index (χ0n) is 12.2. The summed E-state index contributed by atoms with van der Waals surface area (Å²) < 4.78 is 0. The molecule has 0 atom stereocenters. The Kier molecular flexibility index (Phi) is 3.55. The molecule has 5 heteroatoms. The van der Waals surface area contributed by atoms with Crippen molar-refractivity contribution in [3.05, 3.63) is 66.5 Å². The number of carbonyl (C=O) groups excluding carboxylic acids is 1. The number of pyridine rings is 2. The lowest BCUT2D eigenvalue weighted by molar-refractivity contribution is 0.102. The number of aromatic nitrogens is 3. The molecule has 112 valence electrons. The van der Waals surface area contributed by atoms with Gasteiger partial charge in [0.25, 0.3) is 0 Å². The summed E-state index contributed by atoms with van der Waals surface area (Å²) in [7, 11) is 0. The first kappa shape index (κ1) is 14.0. The predicted molar refractivity (Wildman–Crippen MR) is 92.9 cm³/mol. The van der Waals surface area contributed by atoms with Gasteiger partial charge in [0, 0.05) is 34.2 Å². The normalized spacial score (nSPS) is 11.1. The molecule has 0 unspecified atom stereocenters. The van der Waals surface area contributed by atoms with Crippen LogP contribution in [0, 0.1) is 0 Å². The predicted octanol–water partition coefficient (Wildman–Crippen LogP) is 4.09. The second-order valence-corrected chi connectivity index (χ2v) is 6.16. The number of aromatic amines is 1. The molecule has 4 rings (SSSR count). The van der Waals surface area contributed by atoms with E-state index in [4.69, 9.17) is 0 Å². The van der Waals surface area contributed by atoms with Crippen molar-refractivity contribution in [2.24, 2.45) is 0 Å². The van der Waals surface area contributed by atoms with Gasteiger partial charge in [-0.15, -0.1) is 0 Å². The van der Waals surface area contributed by atoms with Crippen molar-refractivity contribution in [2.45, 2.75) is 5.03 Å². The lowest BCUT2D eigenvalue weighted by atomic mass is 10.1. The molecule has 0 amide bonds. The van der Waals surface area contributed by atoms with Gasteiger partial charge in [0.05, 0.1) is 10.8 Å². The van der Waals surface area contributed by atoms with Crippen LogP contribution in [0.15, 0.2) is 66.0 Å². The van der Waals surface area contributed by atoms with Crippen LogP contribution in [-0.2, 0) is 0 Å². The van der Waals surface area contributed by atoms with Crippen LogP contribution in [0.5, 0.6) is 0 Å². The summed E-state index contributed by atoms with van der Waals surface area (Å²) in [6.45, 7) is 0. The summed E-state index contributed by atoms with van der Waals surface area (Å²) in [5.41, 5.74) is 2.55. The van der Waals surface area contributed by atoms with Crippen LogP contribution < -0.4 is 0 Å². The molecule has 3 heterocycles. The van der Waals surface area contributed by atoms with Gasteiger partial charge in [-0.3, -0.25) is 4.79 Å². The van der Waals surface area contributed by atoms with Gasteiger partial charge in [0.2, 0.25) is 0 Å². The molecule has 0 aliphatic heterocycles. The first-order valence-corrected chi connectivity index (χ1v) is 8.23. The molecule has 1 N–H and O–H groups in total. The van der Waals surface area contributed by atoms with E-state index in [1.54, 1.807) is 12.4 Å². The van der Waals surface area contributed by atoms with Gasteiger partial charge in [-0.25, -0.2) is 9.97 Å². The monoisotopic (exact) mass is 319 g/mol. The number of benzene rings is 1. The Morgan fingerprint density at radius 2 is 1.91 bits per heavy atom. The highest BCUT2D eigenvalue weighted by Gasteiger charge is 2.11. The lowest BCUT2D eigenvalue weighted by Crippen LogP contribution is -2.02. The number of H-pyrrole nitrogens is 1. The van der Waals surface area contributed by atoms with Crippen molar-refractivity contribution in [1.82, 2.24) is 15.0 Å². The fourth-order valence-electron chi connectivity index (χ4n) is 2.55. The zero-order chi connectivity index (χ0) is 15.6. The van der Waals surface area contributed by atoms with Crippen LogP contribution in [0.4, 0.5) is 0 Å². The Labute approximate surface area is 137 Å². The van der Waals surface area contributed by atoms with Crippen molar-refractivity contribution >= 4 is 39.5 Å². The summed E-state index contributed by atoms with van der Waals surface area (Å²) >= 11 is 1.45. The largest absolute Gasteiger partial charge is 0.339 e. The van der Waals surface area contributed by atoms with E-state index in [1.807, 2.05) is 48.5 Å². The molecule has 0 spiro atoms. The Balaban J connectivity index is 1.63. The fourth-order valence-corrected chi connectivity index (χ4v) is 3.31. The SMILES string of the molecule is O=C(CSc1ccccn1)c1ccc2[nH]c3ncccc3c2c1. The molecule has 0 aliphatic rings. The maximum Gasteiger partial charge on any atom is 0.173 e. The smallest absolute Gasteiger partial charge is 0.173 e. The van der Waals surface area contributed by atoms with E-state index in [-0.39, 0.29) is 5.78 Å². The highest BCUT2D eigenvalue weighted by molar-refractivity contribution is 7.99. The van der Waals surface area contributed by atoms with Gasteiger partial charge in [-0.2, -0.15) is 0 Å². The minimum Gasteiger partial charge on any atom is -0.339 e. The molecule has 0 saturated heterocycles. The quantitative estimate of drug-likeness (QED) is 0.455. The van der Waals surface area contributed by atoms with Crippen LogP contribution in [0.25, 0.3) is 21.9 Å². The maximum atomic E-state index is 12.4. The number of hydrogen-bond donors (Lipinski definition) is 1. The van der Waals surface area contributed by atoms with Gasteiger partial charge in [0.15, 0.2) is 5.78 Å². The van der Waals surface area contributed by atoms with Crippen molar-refractivity contribution in [3.8, 4) is 0 Å². The minimum absolute atomic E-state index is 0.0980. The molecule has 0 fully saturated rings. The number of rotatable bonds is 4. The second kappa shape index (κ2) is 5.85. The van der Waals surface area contributed by atoms with E-state index in [2.05, 4.69) is 15.0 Å². The zero-order valence-corrected chi connectivity index (χ0v) is 13.0. The number of nitrogens with one attached hydrogen (secondary N) is 1. The topological polar surface area (TPSA) is 58.6 Å². The van der Waals surface area contributed by atoms with Crippen LogP contribution in [0.3, 0.4) is 0 Å². The Morgan fingerprint density at radius 3 is 2.78 bits per heavy atom. The van der Waals surface area contributed by atoms with Crippen molar-refractivity contribution in [3.63, 3.8) is 0 Å². The van der Waals surface area contributed by atoms with E-state index < -0.39 is 0 Å². The molecular weight excluding hydrogens is 306 g/mol. The average molecular weight is 319 g/mol. The molecule has 0 saturated carbocycles. The number of nitrogens with zero attached hydrogens (tertiary/aromatic N) is 2. The molecule has 1 aromatic carbocycles. The standard InChI is InChI=1S/C18H13N3OS/c22-16(11-23-17-5-1-2-8-19-17)12-6-7-15-14(10-12)13-4-3-9-20-18(13)21-15/h1-10H,11H2,(H,20,21). The third kappa shape index (κ3) is 2.71. The molecule has 3 aromatic heterocycles. The summed E-state index contributed by atoms with van der Waals surface area (Å²) in [6, 6.07) is 15.4. The molecule has 4 nitrogen and oxygen atoms in total. The fraction of sp³-hybridized carbons (Fsp3) is 0.0556. The van der Waals surface area contributed by atoms with Crippen molar-refractivity contribution in [1.29, 1.82) is 0 Å². The first-order valence-electron chi connectivity index (χ1n) is 7.25. The highest BCUT2D eigenvalue weighted by Crippen LogP contribution is 2.25. The van der Waals surface area contributed by atoms with Crippen molar-refractivity contribution < 1.29 is 4.79 Å². The summed E-state index contributed by atoms with van der Waals surface area (Å²) in [5, 5.41) is 2.93. The second-order valence-electron chi connectivity index (χ2n) is 5.16. The van der Waals surface area contributed by atoms with Crippen molar-refractivity contribution in [2.75, 3.05) is 5.75 Å². The van der Waals surface area contributed by atoms with Gasteiger partial charge >= 0.3 is 0 Å². The highest BCUT2D eigenvalue weighted by atomic mass is 32.2. The number of hydrogen-bond acceptors (Lipinski definition) is 4. The minimum atomic E-state index is 0.0980. The molecule has 0 aliphatic carbocycles. The molecule has 4 aromatic rings. The van der Waals surface area contributed by atoms with E-state index in [0.717, 1.165) is 27.0 Å². The van der Waals surface area contributed by atoms with Crippen LogP contribution in [-0.4, -0.2) is 26.5 Å². The van der Waals surface area contributed by atoms with E-state index in [1.165, 1.54) is 11.8 Å². The summed E-state index contributed by atoms with van der Waals surface area (Å²) in [4.78, 5) is 24.3. The molecule has 23 heavy (non-hydrogen) atoms. The van der Waals surface area contributed by atoms with E-state index in [0.29, 0.717) is 11.3 Å². The molecule has 0 radical (unpaired) electrons. The lowest BCUT2D eigenvalue weighted by Gasteiger charge is -2.02. The number of fused-ring (bicyclic) bond motifs is 3. The molecule has 0 bridgehead atoms. The Bertz CT molecular complexity index is 995. The Morgan fingerprint density at radius 1 is 1.00 bits per heavy atom. The van der Waals surface area contributed by atoms with Gasteiger partial charge < -0.3 is 4.98 Å². The number of thioether (sulfide) groups is 1. The third-order valence-electron chi connectivity index (χ3n) is 3.68. The number of Topliss-reactive ketones (excluding diaryl/α,β-unsaturated/α-hetero) is 1. The van der Waals surface area contributed by atoms with Crippen LogP contribution in [0.2, 0.25) is 0 Å². The number of carbonyl (C=O) groups is 1. The molecular formula is C18H13N3OS. The average Bonchev–Trinajstić information content (AvgIpc) is 2.98. The maximum absolute atomic E-state index is 12.4. The third-order valence-corrected chi connectivity index (χ3v) is 4.63. The van der Waals surface area contributed by atoms with Gasteiger partial charge in [-0.1, -0.05) is 17.8 Å². The Hall–Kier alpha value is -2.66. The van der Waals surface area contributed by atoms with E-state index >= 15 is 0 Å². The van der Waals surface area contributed by atoms with Gasteiger partial charge in [-0.05, 0) is 42.5 Å². The van der Waals surface area contributed by atoms with E-state index in [9.17, 15) is 4.79 Å². The number of ketones is 1. The summed E-state index contributed by atoms with van der Waals surface area (Å²) in [5.74, 6) is 0.476. The summed E-state index contributed by atoms with van der Waals surface area (Å²) in [6.07, 6.45) is 3.49. The van der Waals surface area contributed by atoms with Crippen LogP contribution in [0.1, 0.15) is 10.4 Å². The van der Waals surface area contributed by atoms with Crippen LogP contribution >= 0.6 is 11.8 Å². The van der Waals surface area contributed by atoms with Gasteiger partial charge in [0.1, 0.15) is 5.65 Å². The first-order chi connectivity index (χ1) is 11.3.